The van der Waals surface area contributed by atoms with E-state index in [1.54, 1.807) is 6.07 Å². The first-order valence-electron chi connectivity index (χ1n) is 4.57. The van der Waals surface area contributed by atoms with Gasteiger partial charge in [-0.3, -0.25) is 4.79 Å². The van der Waals surface area contributed by atoms with Crippen LogP contribution >= 0.6 is 0 Å². The van der Waals surface area contributed by atoms with E-state index in [1.807, 2.05) is 6.92 Å². The first-order valence-corrected chi connectivity index (χ1v) is 4.57. The van der Waals surface area contributed by atoms with Gasteiger partial charge in [-0.1, -0.05) is 19.3 Å². The number of nitrogens with one attached hydrogen (secondary N) is 1. The smallest absolute Gasteiger partial charge is 0.255 e. The summed E-state index contributed by atoms with van der Waals surface area (Å²) in [5.41, 5.74) is 0.501. The molecule has 0 spiro atoms. The predicted molar refractivity (Wildman–Crippen MR) is 53.7 cm³/mol. The summed E-state index contributed by atoms with van der Waals surface area (Å²) in [4.78, 5) is 11.5. The highest BCUT2D eigenvalue weighted by Crippen LogP contribution is 2.02. The molecule has 0 aliphatic rings. The van der Waals surface area contributed by atoms with Gasteiger partial charge in [0.15, 0.2) is 0 Å². The first kappa shape index (κ1) is 10.4. The molecule has 0 saturated carbocycles. The zero-order valence-electron chi connectivity index (χ0n) is 8.12. The van der Waals surface area contributed by atoms with Crippen LogP contribution in [0.2, 0.25) is 0 Å². The lowest BCUT2D eigenvalue weighted by atomic mass is 10.1. The highest BCUT2D eigenvalue weighted by Gasteiger charge is 2.11. The van der Waals surface area contributed by atoms with Crippen LogP contribution in [0.3, 0.4) is 0 Å². The van der Waals surface area contributed by atoms with E-state index in [2.05, 4.69) is 11.2 Å². The zero-order chi connectivity index (χ0) is 10.4. The molecule has 0 aliphatic heterocycles. The SMILES string of the molecule is C#CC(CCC)NC(=O)c1ccoc1. The third-order valence-electron chi connectivity index (χ3n) is 1.87. The molecule has 0 radical (unpaired) electrons. The average Bonchev–Trinajstić information content (AvgIpc) is 2.69. The van der Waals surface area contributed by atoms with Gasteiger partial charge in [0, 0.05) is 0 Å². The summed E-state index contributed by atoms with van der Waals surface area (Å²) in [5.74, 6) is 2.35. The topological polar surface area (TPSA) is 42.2 Å². The van der Waals surface area contributed by atoms with Gasteiger partial charge in [0.2, 0.25) is 0 Å². The van der Waals surface area contributed by atoms with Crippen molar-refractivity contribution in [2.75, 3.05) is 0 Å². The van der Waals surface area contributed by atoms with Crippen LogP contribution in [0.1, 0.15) is 30.1 Å². The number of carbonyl (C=O) groups excluding carboxylic acids is 1. The minimum Gasteiger partial charge on any atom is -0.472 e. The van der Waals surface area contributed by atoms with Crippen LogP contribution in [0.15, 0.2) is 23.0 Å². The van der Waals surface area contributed by atoms with E-state index in [9.17, 15) is 4.79 Å². The van der Waals surface area contributed by atoms with Crippen molar-refractivity contribution < 1.29 is 9.21 Å². The molecule has 3 nitrogen and oxygen atoms in total. The molecular formula is C11H13NO2. The summed E-state index contributed by atoms with van der Waals surface area (Å²) in [5, 5.41) is 2.73. The van der Waals surface area contributed by atoms with Gasteiger partial charge in [-0.15, -0.1) is 6.42 Å². The molecular weight excluding hydrogens is 178 g/mol. The molecule has 1 rings (SSSR count). The van der Waals surface area contributed by atoms with Crippen LogP contribution < -0.4 is 5.32 Å². The molecule has 1 heterocycles. The van der Waals surface area contributed by atoms with Gasteiger partial charge >= 0.3 is 0 Å². The molecule has 1 atom stereocenters. The highest BCUT2D eigenvalue weighted by molar-refractivity contribution is 5.94. The molecule has 1 amide bonds. The number of hydrogen-bond acceptors (Lipinski definition) is 2. The van der Waals surface area contributed by atoms with Crippen molar-refractivity contribution in [1.29, 1.82) is 0 Å². The number of hydrogen-bond donors (Lipinski definition) is 1. The Labute approximate surface area is 83.5 Å². The Bertz CT molecular complexity index is 322. The summed E-state index contributed by atoms with van der Waals surface area (Å²) in [6, 6.07) is 1.41. The standard InChI is InChI=1S/C11H13NO2/c1-3-5-10(4-2)12-11(13)9-6-7-14-8-9/h2,6-8,10H,3,5H2,1H3,(H,12,13). The van der Waals surface area contributed by atoms with Gasteiger partial charge in [-0.05, 0) is 12.5 Å². The van der Waals surface area contributed by atoms with E-state index in [0.29, 0.717) is 5.56 Å². The van der Waals surface area contributed by atoms with Crippen LogP contribution in [0, 0.1) is 12.3 Å². The fourth-order valence-corrected chi connectivity index (χ4v) is 1.12. The largest absolute Gasteiger partial charge is 0.472 e. The van der Waals surface area contributed by atoms with Gasteiger partial charge in [0.1, 0.15) is 6.26 Å². The molecule has 1 aromatic heterocycles. The Kier molecular flexibility index (Phi) is 3.81. The second-order valence-electron chi connectivity index (χ2n) is 2.99. The fraction of sp³-hybridized carbons (Fsp3) is 0.364. The van der Waals surface area contributed by atoms with Gasteiger partial charge in [0.25, 0.3) is 5.91 Å². The van der Waals surface area contributed by atoms with Crippen molar-refractivity contribution in [2.45, 2.75) is 25.8 Å². The van der Waals surface area contributed by atoms with E-state index in [1.165, 1.54) is 12.5 Å². The Morgan fingerprint density at radius 2 is 2.57 bits per heavy atom. The van der Waals surface area contributed by atoms with Gasteiger partial charge in [-0.25, -0.2) is 0 Å². The normalized spacial score (nSPS) is 11.7. The van der Waals surface area contributed by atoms with Crippen molar-refractivity contribution in [3.05, 3.63) is 24.2 Å². The fourth-order valence-electron chi connectivity index (χ4n) is 1.12. The van der Waals surface area contributed by atoms with E-state index in [-0.39, 0.29) is 11.9 Å². The molecule has 3 heteroatoms. The maximum Gasteiger partial charge on any atom is 0.255 e. The number of terminal acetylenes is 1. The maximum absolute atomic E-state index is 11.5. The summed E-state index contributed by atoms with van der Waals surface area (Å²) < 4.78 is 4.80. The zero-order valence-corrected chi connectivity index (χ0v) is 8.12. The monoisotopic (exact) mass is 191 g/mol. The Morgan fingerprint density at radius 1 is 1.79 bits per heavy atom. The molecule has 0 aromatic carbocycles. The molecule has 0 bridgehead atoms. The third kappa shape index (κ3) is 2.67. The van der Waals surface area contributed by atoms with E-state index in [0.717, 1.165) is 12.8 Å². The van der Waals surface area contributed by atoms with Crippen LogP contribution in [0.4, 0.5) is 0 Å². The van der Waals surface area contributed by atoms with Crippen LogP contribution in [-0.4, -0.2) is 11.9 Å². The van der Waals surface area contributed by atoms with Crippen molar-refractivity contribution in [2.24, 2.45) is 0 Å². The van der Waals surface area contributed by atoms with Crippen LogP contribution in [0.5, 0.6) is 0 Å². The minimum absolute atomic E-state index is 0.185. The predicted octanol–water partition coefficient (Wildman–Crippen LogP) is 1.81. The average molecular weight is 191 g/mol. The van der Waals surface area contributed by atoms with Gasteiger partial charge < -0.3 is 9.73 Å². The van der Waals surface area contributed by atoms with Gasteiger partial charge in [0.05, 0.1) is 17.9 Å². The lowest BCUT2D eigenvalue weighted by molar-refractivity contribution is 0.0943. The number of rotatable bonds is 4. The van der Waals surface area contributed by atoms with E-state index >= 15 is 0 Å². The summed E-state index contributed by atoms with van der Waals surface area (Å²) in [6.45, 7) is 2.02. The summed E-state index contributed by atoms with van der Waals surface area (Å²) in [6.07, 6.45) is 9.86. The second kappa shape index (κ2) is 5.13. The molecule has 1 aromatic rings. The molecule has 0 fully saturated rings. The van der Waals surface area contributed by atoms with Gasteiger partial charge in [-0.2, -0.15) is 0 Å². The number of furan rings is 1. The lowest BCUT2D eigenvalue weighted by Crippen LogP contribution is -2.33. The molecule has 0 aliphatic carbocycles. The summed E-state index contributed by atoms with van der Waals surface area (Å²) >= 11 is 0. The highest BCUT2D eigenvalue weighted by atomic mass is 16.3. The van der Waals surface area contributed by atoms with Crippen molar-refractivity contribution in [3.63, 3.8) is 0 Å². The number of carbonyl (C=O) groups is 1. The van der Waals surface area contributed by atoms with Crippen LogP contribution in [0.25, 0.3) is 0 Å². The first-order chi connectivity index (χ1) is 6.77. The van der Waals surface area contributed by atoms with Crippen molar-refractivity contribution >= 4 is 5.91 Å². The van der Waals surface area contributed by atoms with Crippen molar-refractivity contribution in [3.8, 4) is 12.3 Å². The van der Waals surface area contributed by atoms with E-state index in [4.69, 9.17) is 10.8 Å². The molecule has 0 saturated heterocycles. The summed E-state index contributed by atoms with van der Waals surface area (Å²) in [7, 11) is 0. The Balaban J connectivity index is 2.52. The lowest BCUT2D eigenvalue weighted by Gasteiger charge is -2.10. The quantitative estimate of drug-likeness (QED) is 0.737. The molecule has 1 unspecified atom stereocenters. The van der Waals surface area contributed by atoms with Crippen LogP contribution in [-0.2, 0) is 0 Å². The maximum atomic E-state index is 11.5. The van der Waals surface area contributed by atoms with E-state index < -0.39 is 0 Å². The molecule has 14 heavy (non-hydrogen) atoms. The van der Waals surface area contributed by atoms with Crippen molar-refractivity contribution in [1.82, 2.24) is 5.32 Å². The third-order valence-corrected chi connectivity index (χ3v) is 1.87. The second-order valence-corrected chi connectivity index (χ2v) is 2.99. The molecule has 1 N–H and O–H groups in total. The Morgan fingerprint density at radius 3 is 3.07 bits per heavy atom. The number of amides is 1. The molecule has 74 valence electrons. The minimum atomic E-state index is -0.192. The Hall–Kier alpha value is -1.69.